The van der Waals surface area contributed by atoms with E-state index in [0.29, 0.717) is 22.7 Å². The molecule has 5 heteroatoms. The Kier molecular flexibility index (Phi) is 2.59. The van der Waals surface area contributed by atoms with Crippen LogP contribution in [-0.2, 0) is 4.74 Å². The predicted molar refractivity (Wildman–Crippen MR) is 57.7 cm³/mol. The smallest absolute Gasteiger partial charge is 0.337 e. The molecule has 0 amide bonds. The third-order valence-electron chi connectivity index (χ3n) is 2.06. The van der Waals surface area contributed by atoms with Crippen LogP contribution in [0.5, 0.6) is 0 Å². The molecule has 2 N–H and O–H groups in total. The summed E-state index contributed by atoms with van der Waals surface area (Å²) in [6, 6.07) is 4.84. The standard InChI is InChI=1S/C11H10N2O3/c1-15-11(14)8-4-7(5-9(12)6-8)10-13-2-3-16-10/h2-6H,12H2,1H3. The van der Waals surface area contributed by atoms with Crippen LogP contribution in [0.2, 0.25) is 0 Å². The van der Waals surface area contributed by atoms with Crippen LogP contribution in [0.3, 0.4) is 0 Å². The number of esters is 1. The highest BCUT2D eigenvalue weighted by Crippen LogP contribution is 2.22. The van der Waals surface area contributed by atoms with Crippen molar-refractivity contribution in [3.05, 3.63) is 36.2 Å². The van der Waals surface area contributed by atoms with Crippen LogP contribution in [0.15, 0.2) is 35.1 Å². The first-order valence-electron chi connectivity index (χ1n) is 4.59. The zero-order valence-corrected chi connectivity index (χ0v) is 8.64. The number of nitrogens with two attached hydrogens (primary N) is 1. The minimum absolute atomic E-state index is 0.371. The zero-order chi connectivity index (χ0) is 11.5. The highest BCUT2D eigenvalue weighted by molar-refractivity contribution is 5.92. The number of benzene rings is 1. The second-order valence-corrected chi connectivity index (χ2v) is 3.17. The maximum Gasteiger partial charge on any atom is 0.337 e. The summed E-state index contributed by atoms with van der Waals surface area (Å²) in [4.78, 5) is 15.3. The summed E-state index contributed by atoms with van der Waals surface area (Å²) in [5.74, 6) is -0.0300. The molecule has 0 saturated carbocycles. The van der Waals surface area contributed by atoms with E-state index in [1.807, 2.05) is 0 Å². The van der Waals surface area contributed by atoms with Crippen molar-refractivity contribution in [2.45, 2.75) is 0 Å². The Morgan fingerprint density at radius 2 is 2.25 bits per heavy atom. The molecule has 1 aromatic heterocycles. The number of carbonyl (C=O) groups is 1. The number of nitrogen functional groups attached to an aromatic ring is 1. The molecule has 0 aliphatic heterocycles. The van der Waals surface area contributed by atoms with Crippen molar-refractivity contribution in [1.82, 2.24) is 4.98 Å². The minimum atomic E-state index is -0.444. The topological polar surface area (TPSA) is 78.4 Å². The lowest BCUT2D eigenvalue weighted by atomic mass is 10.1. The van der Waals surface area contributed by atoms with Gasteiger partial charge >= 0.3 is 5.97 Å². The first kappa shape index (κ1) is 10.2. The lowest BCUT2D eigenvalue weighted by Crippen LogP contribution is -2.02. The van der Waals surface area contributed by atoms with Gasteiger partial charge in [-0.25, -0.2) is 9.78 Å². The lowest BCUT2D eigenvalue weighted by molar-refractivity contribution is 0.0601. The van der Waals surface area contributed by atoms with E-state index < -0.39 is 5.97 Å². The fraction of sp³-hybridized carbons (Fsp3) is 0.0909. The average Bonchev–Trinajstić information content (AvgIpc) is 2.80. The molecule has 16 heavy (non-hydrogen) atoms. The molecule has 0 aliphatic rings. The number of carbonyl (C=O) groups excluding carboxylic acids is 1. The van der Waals surface area contributed by atoms with Gasteiger partial charge in [-0.2, -0.15) is 0 Å². The SMILES string of the molecule is COC(=O)c1cc(N)cc(-c2ncco2)c1. The molecule has 0 aliphatic carbocycles. The summed E-state index contributed by atoms with van der Waals surface area (Å²) in [5.41, 5.74) is 7.15. The Morgan fingerprint density at radius 1 is 1.44 bits per heavy atom. The molecule has 1 aromatic carbocycles. The Labute approximate surface area is 91.8 Å². The van der Waals surface area contributed by atoms with Gasteiger partial charge in [0.2, 0.25) is 5.89 Å². The molecule has 5 nitrogen and oxygen atoms in total. The third kappa shape index (κ3) is 1.88. The third-order valence-corrected chi connectivity index (χ3v) is 2.06. The largest absolute Gasteiger partial charge is 0.465 e. The first-order valence-corrected chi connectivity index (χ1v) is 4.59. The zero-order valence-electron chi connectivity index (χ0n) is 8.64. The number of methoxy groups -OCH3 is 1. The molecular weight excluding hydrogens is 208 g/mol. The summed E-state index contributed by atoms with van der Waals surface area (Å²) in [6.45, 7) is 0. The number of ether oxygens (including phenoxy) is 1. The van der Waals surface area contributed by atoms with Crippen LogP contribution in [0.25, 0.3) is 11.5 Å². The summed E-state index contributed by atoms with van der Waals surface area (Å²) in [5, 5.41) is 0. The molecule has 0 saturated heterocycles. The highest BCUT2D eigenvalue weighted by Gasteiger charge is 2.10. The number of rotatable bonds is 2. The van der Waals surface area contributed by atoms with Crippen molar-refractivity contribution in [3.8, 4) is 11.5 Å². The Bertz CT molecular complexity index is 506. The lowest BCUT2D eigenvalue weighted by Gasteiger charge is -2.03. The Balaban J connectivity index is 2.48. The van der Waals surface area contributed by atoms with Gasteiger partial charge in [0.25, 0.3) is 0 Å². The van der Waals surface area contributed by atoms with Gasteiger partial charge in [0.1, 0.15) is 6.26 Å². The van der Waals surface area contributed by atoms with Gasteiger partial charge in [-0.3, -0.25) is 0 Å². The van der Waals surface area contributed by atoms with E-state index in [1.165, 1.54) is 25.6 Å². The monoisotopic (exact) mass is 218 g/mol. The van der Waals surface area contributed by atoms with E-state index >= 15 is 0 Å². The van der Waals surface area contributed by atoms with E-state index in [0.717, 1.165) is 0 Å². The van der Waals surface area contributed by atoms with Crippen molar-refractivity contribution in [2.75, 3.05) is 12.8 Å². The number of anilines is 1. The molecule has 0 spiro atoms. The quantitative estimate of drug-likeness (QED) is 0.613. The van der Waals surface area contributed by atoms with Gasteiger partial charge < -0.3 is 14.9 Å². The molecule has 0 fully saturated rings. The van der Waals surface area contributed by atoms with Crippen LogP contribution >= 0.6 is 0 Å². The fourth-order valence-electron chi connectivity index (χ4n) is 1.38. The fourth-order valence-corrected chi connectivity index (χ4v) is 1.38. The van der Waals surface area contributed by atoms with Crippen molar-refractivity contribution < 1.29 is 13.9 Å². The summed E-state index contributed by atoms with van der Waals surface area (Å²) in [7, 11) is 1.32. The van der Waals surface area contributed by atoms with E-state index in [2.05, 4.69) is 9.72 Å². The first-order chi connectivity index (χ1) is 7.70. The molecule has 1 heterocycles. The van der Waals surface area contributed by atoms with Crippen LogP contribution in [0, 0.1) is 0 Å². The van der Waals surface area contributed by atoms with Crippen LogP contribution in [0.1, 0.15) is 10.4 Å². The van der Waals surface area contributed by atoms with Gasteiger partial charge in [-0.15, -0.1) is 0 Å². The summed E-state index contributed by atoms with van der Waals surface area (Å²) >= 11 is 0. The maximum atomic E-state index is 11.4. The van der Waals surface area contributed by atoms with Gasteiger partial charge in [-0.05, 0) is 18.2 Å². The normalized spacial score (nSPS) is 10.1. The van der Waals surface area contributed by atoms with Crippen LogP contribution in [0.4, 0.5) is 5.69 Å². The molecule has 2 rings (SSSR count). The average molecular weight is 218 g/mol. The van der Waals surface area contributed by atoms with E-state index in [1.54, 1.807) is 12.1 Å². The summed E-state index contributed by atoms with van der Waals surface area (Å²) < 4.78 is 9.74. The molecule has 0 atom stereocenters. The van der Waals surface area contributed by atoms with Crippen LogP contribution in [-0.4, -0.2) is 18.1 Å². The molecule has 82 valence electrons. The second-order valence-electron chi connectivity index (χ2n) is 3.17. The number of oxazole rings is 1. The van der Waals surface area contributed by atoms with Gasteiger partial charge in [0.15, 0.2) is 0 Å². The molecule has 2 aromatic rings. The highest BCUT2D eigenvalue weighted by atomic mass is 16.5. The molecule has 0 unspecified atom stereocenters. The predicted octanol–water partition coefficient (Wildman–Crippen LogP) is 1.71. The minimum Gasteiger partial charge on any atom is -0.465 e. The Hall–Kier alpha value is -2.30. The number of hydrogen-bond donors (Lipinski definition) is 1. The van der Waals surface area contributed by atoms with E-state index in [-0.39, 0.29) is 0 Å². The van der Waals surface area contributed by atoms with Crippen molar-refractivity contribution in [2.24, 2.45) is 0 Å². The summed E-state index contributed by atoms with van der Waals surface area (Å²) in [6.07, 6.45) is 2.98. The van der Waals surface area contributed by atoms with E-state index in [4.69, 9.17) is 10.2 Å². The van der Waals surface area contributed by atoms with Crippen LogP contribution < -0.4 is 5.73 Å². The Morgan fingerprint density at radius 3 is 2.88 bits per heavy atom. The van der Waals surface area contributed by atoms with Gasteiger partial charge in [0.05, 0.1) is 18.9 Å². The van der Waals surface area contributed by atoms with Crippen molar-refractivity contribution in [3.63, 3.8) is 0 Å². The number of hydrogen-bond acceptors (Lipinski definition) is 5. The van der Waals surface area contributed by atoms with Gasteiger partial charge in [-0.1, -0.05) is 0 Å². The molecular formula is C11H10N2O3. The maximum absolute atomic E-state index is 11.4. The second kappa shape index (κ2) is 4.06. The number of aromatic nitrogens is 1. The van der Waals surface area contributed by atoms with E-state index in [9.17, 15) is 4.79 Å². The van der Waals surface area contributed by atoms with Crippen molar-refractivity contribution >= 4 is 11.7 Å². The van der Waals surface area contributed by atoms with Gasteiger partial charge in [0, 0.05) is 11.3 Å². The molecule has 0 bridgehead atoms. The number of nitrogens with zero attached hydrogens (tertiary/aromatic N) is 1. The molecule has 0 radical (unpaired) electrons. The van der Waals surface area contributed by atoms with Crippen molar-refractivity contribution in [1.29, 1.82) is 0 Å².